The predicted molar refractivity (Wildman–Crippen MR) is 125 cm³/mol. The van der Waals surface area contributed by atoms with Gasteiger partial charge in [0.05, 0.1) is 16.2 Å². The summed E-state index contributed by atoms with van der Waals surface area (Å²) < 4.78 is 5.58. The van der Waals surface area contributed by atoms with Crippen LogP contribution >= 0.6 is 23.4 Å². The van der Waals surface area contributed by atoms with Crippen LogP contribution in [0.15, 0.2) is 82.7 Å². The van der Waals surface area contributed by atoms with Gasteiger partial charge in [0.15, 0.2) is 5.17 Å². The van der Waals surface area contributed by atoms with Crippen molar-refractivity contribution in [2.45, 2.75) is 6.92 Å². The van der Waals surface area contributed by atoms with Crippen molar-refractivity contribution >= 4 is 52.2 Å². The highest BCUT2D eigenvalue weighted by molar-refractivity contribution is 8.18. The predicted octanol–water partition coefficient (Wildman–Crippen LogP) is 5.76. The molecule has 1 aliphatic rings. The Morgan fingerprint density at radius 2 is 1.74 bits per heavy atom. The maximum atomic E-state index is 12.5. The van der Waals surface area contributed by atoms with Crippen LogP contribution < -0.4 is 10.1 Å². The normalized spacial score (nSPS) is 15.9. The van der Waals surface area contributed by atoms with Gasteiger partial charge in [0.1, 0.15) is 5.75 Å². The number of thioether (sulfide) groups is 1. The largest absolute Gasteiger partial charge is 0.422 e. The number of hydrogen-bond donors (Lipinski definition) is 1. The molecule has 7 heteroatoms. The molecule has 0 aliphatic carbocycles. The minimum atomic E-state index is -0.459. The molecule has 0 atom stereocenters. The highest BCUT2D eigenvalue weighted by atomic mass is 35.5. The van der Waals surface area contributed by atoms with E-state index in [1.807, 2.05) is 25.1 Å². The van der Waals surface area contributed by atoms with Crippen molar-refractivity contribution in [3.8, 4) is 5.75 Å². The van der Waals surface area contributed by atoms with Gasteiger partial charge in [0, 0.05) is 10.6 Å². The summed E-state index contributed by atoms with van der Waals surface area (Å²) in [4.78, 5) is 29.8. The molecule has 1 saturated heterocycles. The summed E-state index contributed by atoms with van der Waals surface area (Å²) in [5, 5.41) is 3.82. The van der Waals surface area contributed by atoms with E-state index in [2.05, 4.69) is 10.3 Å². The van der Waals surface area contributed by atoms with Crippen molar-refractivity contribution in [1.29, 1.82) is 0 Å². The van der Waals surface area contributed by atoms with Crippen LogP contribution in [0.1, 0.15) is 21.5 Å². The lowest BCUT2D eigenvalue weighted by Crippen LogP contribution is -2.19. The van der Waals surface area contributed by atoms with Gasteiger partial charge < -0.3 is 10.1 Å². The fourth-order valence-corrected chi connectivity index (χ4v) is 3.75. The molecule has 1 heterocycles. The number of amides is 1. The van der Waals surface area contributed by atoms with Crippen LogP contribution in [0.5, 0.6) is 5.75 Å². The third-order valence-corrected chi connectivity index (χ3v) is 5.57. The smallest absolute Gasteiger partial charge is 0.343 e. The number of rotatable bonds is 4. The number of carbonyl (C=O) groups excluding carboxylic acids is 2. The summed E-state index contributed by atoms with van der Waals surface area (Å²) in [5.74, 6) is -0.353. The molecule has 1 fully saturated rings. The first-order valence-corrected chi connectivity index (χ1v) is 10.6. The molecular weight excluding hydrogens is 432 g/mol. The Bertz CT molecular complexity index is 1200. The second-order valence-electron chi connectivity index (χ2n) is 6.75. The van der Waals surface area contributed by atoms with Crippen LogP contribution in [-0.2, 0) is 4.79 Å². The van der Waals surface area contributed by atoms with Crippen LogP contribution in [0.3, 0.4) is 0 Å². The summed E-state index contributed by atoms with van der Waals surface area (Å²) >= 11 is 7.11. The molecule has 0 radical (unpaired) electrons. The van der Waals surface area contributed by atoms with Crippen LogP contribution in [0.2, 0.25) is 5.02 Å². The Hall–Kier alpha value is -3.35. The summed E-state index contributed by atoms with van der Waals surface area (Å²) in [7, 11) is 0. The molecule has 3 aromatic carbocycles. The van der Waals surface area contributed by atoms with Crippen molar-refractivity contribution in [2.75, 3.05) is 0 Å². The summed E-state index contributed by atoms with van der Waals surface area (Å²) in [6.45, 7) is 1.95. The van der Waals surface area contributed by atoms with Gasteiger partial charge in [-0.2, -0.15) is 0 Å². The topological polar surface area (TPSA) is 67.8 Å². The molecule has 5 nitrogen and oxygen atoms in total. The third-order valence-electron chi connectivity index (χ3n) is 4.40. The highest BCUT2D eigenvalue weighted by Crippen LogP contribution is 2.31. The quantitative estimate of drug-likeness (QED) is 0.313. The average molecular weight is 449 g/mol. The van der Waals surface area contributed by atoms with Crippen molar-refractivity contribution in [1.82, 2.24) is 5.32 Å². The minimum absolute atomic E-state index is 0.266. The fourth-order valence-electron chi connectivity index (χ4n) is 2.80. The molecule has 1 aliphatic heterocycles. The van der Waals surface area contributed by atoms with Gasteiger partial charge in [-0.1, -0.05) is 47.5 Å². The second kappa shape index (κ2) is 9.20. The molecule has 4 rings (SSSR count). The number of benzene rings is 3. The van der Waals surface area contributed by atoms with E-state index in [0.29, 0.717) is 37.7 Å². The number of esters is 1. The molecule has 0 bridgehead atoms. The maximum absolute atomic E-state index is 12.5. The number of nitrogens with zero attached hydrogens (tertiary/aromatic N) is 1. The first-order valence-electron chi connectivity index (χ1n) is 9.41. The van der Waals surface area contributed by atoms with Gasteiger partial charge in [-0.05, 0) is 67.2 Å². The number of amidine groups is 1. The zero-order valence-electron chi connectivity index (χ0n) is 16.5. The molecule has 0 aromatic heterocycles. The van der Waals surface area contributed by atoms with Crippen LogP contribution in [0.4, 0.5) is 5.69 Å². The minimum Gasteiger partial charge on any atom is -0.422 e. The van der Waals surface area contributed by atoms with E-state index < -0.39 is 5.97 Å². The zero-order valence-corrected chi connectivity index (χ0v) is 18.0. The van der Waals surface area contributed by atoms with E-state index in [9.17, 15) is 9.59 Å². The summed E-state index contributed by atoms with van der Waals surface area (Å²) in [6.07, 6.45) is 1.68. The van der Waals surface area contributed by atoms with Gasteiger partial charge in [-0.25, -0.2) is 9.79 Å². The number of ether oxygens (including phenoxy) is 1. The molecule has 31 heavy (non-hydrogen) atoms. The van der Waals surface area contributed by atoms with E-state index in [1.165, 1.54) is 11.8 Å². The van der Waals surface area contributed by atoms with E-state index in [-0.39, 0.29) is 5.91 Å². The molecule has 1 N–H and O–H groups in total. The van der Waals surface area contributed by atoms with Gasteiger partial charge >= 0.3 is 5.97 Å². The number of aryl methyl sites for hydroxylation is 1. The Morgan fingerprint density at radius 3 is 2.48 bits per heavy atom. The van der Waals surface area contributed by atoms with E-state index in [1.54, 1.807) is 60.7 Å². The Morgan fingerprint density at radius 1 is 1.03 bits per heavy atom. The van der Waals surface area contributed by atoms with Gasteiger partial charge in [-0.15, -0.1) is 0 Å². The first-order chi connectivity index (χ1) is 15.0. The SMILES string of the molecule is Cc1ccc(C(=O)Oc2ccccc2/C=C2\SC(=Nc3ccc(Cl)cc3)NC2=O)cc1. The molecule has 0 unspecified atom stereocenters. The fraction of sp³-hybridized carbons (Fsp3) is 0.0417. The highest BCUT2D eigenvalue weighted by Gasteiger charge is 2.24. The van der Waals surface area contributed by atoms with Gasteiger partial charge in [0.2, 0.25) is 0 Å². The molecular formula is C24H17ClN2O3S. The Labute approximate surface area is 188 Å². The first kappa shape index (κ1) is 20.9. The monoisotopic (exact) mass is 448 g/mol. The summed E-state index contributed by atoms with van der Waals surface area (Å²) in [6, 6.07) is 21.2. The molecule has 0 saturated carbocycles. The van der Waals surface area contributed by atoms with E-state index in [0.717, 1.165) is 5.56 Å². The number of aliphatic imine (C=N–C) groups is 1. The second-order valence-corrected chi connectivity index (χ2v) is 8.22. The molecule has 3 aromatic rings. The third kappa shape index (κ3) is 5.23. The van der Waals surface area contributed by atoms with Crippen LogP contribution in [0, 0.1) is 6.92 Å². The molecule has 0 spiro atoms. The van der Waals surface area contributed by atoms with Crippen molar-refractivity contribution in [3.63, 3.8) is 0 Å². The van der Waals surface area contributed by atoms with Crippen molar-refractivity contribution in [3.05, 3.63) is 99.4 Å². The van der Waals surface area contributed by atoms with Gasteiger partial charge in [-0.3, -0.25) is 4.79 Å². The number of nitrogens with one attached hydrogen (secondary N) is 1. The Kier molecular flexibility index (Phi) is 6.21. The van der Waals surface area contributed by atoms with Crippen molar-refractivity contribution < 1.29 is 14.3 Å². The van der Waals surface area contributed by atoms with E-state index in [4.69, 9.17) is 16.3 Å². The maximum Gasteiger partial charge on any atom is 0.343 e. The number of carbonyl (C=O) groups is 2. The standard InChI is InChI=1S/C24H17ClN2O3S/c1-15-6-8-16(9-7-15)23(29)30-20-5-3-2-4-17(20)14-21-22(28)27-24(31-21)26-19-12-10-18(25)11-13-19/h2-14H,1H3,(H,26,27,28)/b21-14-. The van der Waals surface area contributed by atoms with Crippen LogP contribution in [0.25, 0.3) is 6.08 Å². The lowest BCUT2D eigenvalue weighted by atomic mass is 10.1. The van der Waals surface area contributed by atoms with Gasteiger partial charge in [0.25, 0.3) is 5.91 Å². The molecule has 1 amide bonds. The zero-order chi connectivity index (χ0) is 21.8. The molecule has 154 valence electrons. The summed E-state index contributed by atoms with van der Waals surface area (Å²) in [5.41, 5.74) is 2.81. The lowest BCUT2D eigenvalue weighted by molar-refractivity contribution is -0.115. The average Bonchev–Trinajstić information content (AvgIpc) is 3.10. The van der Waals surface area contributed by atoms with E-state index >= 15 is 0 Å². The number of hydrogen-bond acceptors (Lipinski definition) is 5. The van der Waals surface area contributed by atoms with Crippen molar-refractivity contribution in [2.24, 2.45) is 4.99 Å². The number of para-hydroxylation sites is 1. The number of halogens is 1. The van der Waals surface area contributed by atoms with Crippen LogP contribution in [-0.4, -0.2) is 17.0 Å². The lowest BCUT2D eigenvalue weighted by Gasteiger charge is -2.08. The Balaban J connectivity index is 1.55.